The van der Waals surface area contributed by atoms with Crippen LogP contribution in [0.15, 0.2) is 59.3 Å². The summed E-state index contributed by atoms with van der Waals surface area (Å²) in [7, 11) is 0. The molecule has 0 aliphatic rings. The number of carbonyl (C=O) groups is 1. The molecule has 20 heavy (non-hydrogen) atoms. The third kappa shape index (κ3) is 2.25. The van der Waals surface area contributed by atoms with E-state index < -0.39 is 0 Å². The van der Waals surface area contributed by atoms with E-state index in [4.69, 9.17) is 0 Å². The van der Waals surface area contributed by atoms with E-state index in [9.17, 15) is 4.79 Å². The minimum Gasteiger partial charge on any atom is -0.289 e. The maximum absolute atomic E-state index is 12.8. The van der Waals surface area contributed by atoms with Crippen LogP contribution in [-0.2, 0) is 0 Å². The fraction of sp³-hybridized carbons (Fsp3) is 0.0588. The number of aromatic nitrogens is 1. The molecule has 98 valence electrons. The fourth-order valence-electron chi connectivity index (χ4n) is 2.27. The zero-order chi connectivity index (χ0) is 14.1. The Hall–Kier alpha value is -2.00. The number of halogens is 1. The zero-order valence-electron chi connectivity index (χ0n) is 10.9. The van der Waals surface area contributed by atoms with Gasteiger partial charge in [-0.15, -0.1) is 0 Å². The van der Waals surface area contributed by atoms with Crippen molar-refractivity contribution in [3.63, 3.8) is 0 Å². The number of pyridine rings is 1. The number of nitrogens with zero attached hydrogens (tertiary/aromatic N) is 1. The summed E-state index contributed by atoms with van der Waals surface area (Å²) in [4.78, 5) is 16.9. The van der Waals surface area contributed by atoms with Crippen molar-refractivity contribution < 1.29 is 4.79 Å². The number of hydrogen-bond acceptors (Lipinski definition) is 2. The molecule has 3 rings (SSSR count). The van der Waals surface area contributed by atoms with Crippen molar-refractivity contribution in [1.82, 2.24) is 4.98 Å². The van der Waals surface area contributed by atoms with Gasteiger partial charge in [0.1, 0.15) is 0 Å². The van der Waals surface area contributed by atoms with Crippen LogP contribution in [0.4, 0.5) is 0 Å². The molecule has 0 atom stereocenters. The van der Waals surface area contributed by atoms with Gasteiger partial charge >= 0.3 is 0 Å². The number of fused-ring (bicyclic) bond motifs is 1. The summed E-state index contributed by atoms with van der Waals surface area (Å²) >= 11 is 3.46. The summed E-state index contributed by atoms with van der Waals surface area (Å²) in [6.07, 6.45) is 3.48. The van der Waals surface area contributed by atoms with Gasteiger partial charge in [0.15, 0.2) is 5.78 Å². The summed E-state index contributed by atoms with van der Waals surface area (Å²) in [5.41, 5.74) is 2.43. The molecule has 1 heterocycles. The third-order valence-corrected chi connectivity index (χ3v) is 3.99. The highest BCUT2D eigenvalue weighted by Crippen LogP contribution is 2.25. The van der Waals surface area contributed by atoms with Crippen molar-refractivity contribution in [2.75, 3.05) is 0 Å². The van der Waals surface area contributed by atoms with Crippen molar-refractivity contribution in [2.45, 2.75) is 6.92 Å². The predicted molar refractivity (Wildman–Crippen MR) is 84.1 cm³/mol. The van der Waals surface area contributed by atoms with Gasteiger partial charge in [-0.3, -0.25) is 9.78 Å². The van der Waals surface area contributed by atoms with Crippen molar-refractivity contribution in [3.8, 4) is 0 Å². The molecule has 0 bridgehead atoms. The van der Waals surface area contributed by atoms with Gasteiger partial charge in [0.2, 0.25) is 0 Å². The van der Waals surface area contributed by atoms with Gasteiger partial charge in [-0.25, -0.2) is 0 Å². The lowest BCUT2D eigenvalue weighted by Gasteiger charge is -2.08. The normalized spacial score (nSPS) is 10.7. The number of rotatable bonds is 2. The zero-order valence-corrected chi connectivity index (χ0v) is 12.5. The second-order valence-corrected chi connectivity index (χ2v) is 5.57. The number of benzene rings is 2. The van der Waals surface area contributed by atoms with Gasteiger partial charge in [-0.2, -0.15) is 0 Å². The van der Waals surface area contributed by atoms with E-state index in [0.717, 1.165) is 20.8 Å². The van der Waals surface area contributed by atoms with E-state index in [-0.39, 0.29) is 5.78 Å². The molecule has 0 amide bonds. The highest BCUT2D eigenvalue weighted by Gasteiger charge is 2.15. The number of hydrogen-bond donors (Lipinski definition) is 0. The highest BCUT2D eigenvalue weighted by atomic mass is 79.9. The summed E-state index contributed by atoms with van der Waals surface area (Å²) < 4.78 is 0.814. The monoisotopic (exact) mass is 325 g/mol. The van der Waals surface area contributed by atoms with E-state index in [1.54, 1.807) is 12.4 Å². The Labute approximate surface area is 125 Å². The molecule has 3 aromatic rings. The third-order valence-electron chi connectivity index (χ3n) is 3.29. The van der Waals surface area contributed by atoms with Crippen molar-refractivity contribution in [1.29, 1.82) is 0 Å². The quantitative estimate of drug-likeness (QED) is 0.647. The maximum Gasteiger partial charge on any atom is 0.194 e. The molecule has 0 aliphatic heterocycles. The number of ketones is 1. The fourth-order valence-corrected chi connectivity index (χ4v) is 2.70. The average Bonchev–Trinajstić information content (AvgIpc) is 2.48. The molecular weight excluding hydrogens is 314 g/mol. The molecule has 0 saturated heterocycles. The largest absolute Gasteiger partial charge is 0.289 e. The Morgan fingerprint density at radius 2 is 1.95 bits per heavy atom. The smallest absolute Gasteiger partial charge is 0.194 e. The average molecular weight is 326 g/mol. The Morgan fingerprint density at radius 3 is 2.80 bits per heavy atom. The SMILES string of the molecule is Cc1ccc(Br)c(C(=O)c2cccc3ccncc23)c1. The van der Waals surface area contributed by atoms with Gasteiger partial charge in [0.25, 0.3) is 0 Å². The van der Waals surface area contributed by atoms with Gasteiger partial charge in [-0.1, -0.05) is 45.8 Å². The Balaban J connectivity index is 2.20. The second-order valence-electron chi connectivity index (χ2n) is 4.71. The molecule has 0 fully saturated rings. The molecule has 0 saturated carbocycles. The van der Waals surface area contributed by atoms with E-state index in [1.165, 1.54) is 0 Å². The van der Waals surface area contributed by atoms with Crippen LogP contribution in [0.25, 0.3) is 10.8 Å². The summed E-state index contributed by atoms with van der Waals surface area (Å²) in [5, 5.41) is 1.91. The van der Waals surface area contributed by atoms with Crippen LogP contribution in [0.5, 0.6) is 0 Å². The summed E-state index contributed by atoms with van der Waals surface area (Å²) in [6, 6.07) is 13.4. The first-order chi connectivity index (χ1) is 9.66. The van der Waals surface area contributed by atoms with Gasteiger partial charge in [0.05, 0.1) is 0 Å². The van der Waals surface area contributed by atoms with Crippen molar-refractivity contribution in [3.05, 3.63) is 76.0 Å². The Morgan fingerprint density at radius 1 is 1.10 bits per heavy atom. The first-order valence-corrected chi connectivity index (χ1v) is 7.10. The Bertz CT molecular complexity index is 806. The number of carbonyl (C=O) groups excluding carboxylic acids is 1. The maximum atomic E-state index is 12.8. The van der Waals surface area contributed by atoms with Gasteiger partial charge < -0.3 is 0 Å². The minimum absolute atomic E-state index is 0.0131. The molecule has 3 heteroatoms. The molecule has 0 N–H and O–H groups in total. The first kappa shape index (κ1) is 13.0. The van der Waals surface area contributed by atoms with E-state index in [2.05, 4.69) is 20.9 Å². The lowest BCUT2D eigenvalue weighted by molar-refractivity contribution is 0.103. The molecule has 0 unspecified atom stereocenters. The summed E-state index contributed by atoms with van der Waals surface area (Å²) in [5.74, 6) is 0.0131. The molecule has 2 nitrogen and oxygen atoms in total. The highest BCUT2D eigenvalue weighted by molar-refractivity contribution is 9.10. The lowest BCUT2D eigenvalue weighted by Crippen LogP contribution is -2.03. The minimum atomic E-state index is 0.0131. The number of aryl methyl sites for hydroxylation is 1. The van der Waals surface area contributed by atoms with Crippen LogP contribution in [0, 0.1) is 6.92 Å². The van der Waals surface area contributed by atoms with Crippen LogP contribution in [-0.4, -0.2) is 10.8 Å². The van der Waals surface area contributed by atoms with Crippen LogP contribution in [0.3, 0.4) is 0 Å². The predicted octanol–water partition coefficient (Wildman–Crippen LogP) is 4.54. The van der Waals surface area contributed by atoms with Crippen LogP contribution in [0.2, 0.25) is 0 Å². The second kappa shape index (κ2) is 5.17. The van der Waals surface area contributed by atoms with E-state index >= 15 is 0 Å². The topological polar surface area (TPSA) is 30.0 Å². The molecular formula is C17H12BrNO. The lowest BCUT2D eigenvalue weighted by atomic mass is 9.97. The van der Waals surface area contributed by atoms with Crippen LogP contribution >= 0.6 is 15.9 Å². The van der Waals surface area contributed by atoms with E-state index in [1.807, 2.05) is 49.4 Å². The first-order valence-electron chi connectivity index (χ1n) is 6.30. The molecule has 1 aromatic heterocycles. The van der Waals surface area contributed by atoms with Crippen LogP contribution in [0.1, 0.15) is 21.5 Å². The van der Waals surface area contributed by atoms with Crippen molar-refractivity contribution >= 4 is 32.5 Å². The van der Waals surface area contributed by atoms with E-state index in [0.29, 0.717) is 11.1 Å². The van der Waals surface area contributed by atoms with Gasteiger partial charge in [-0.05, 0) is 30.5 Å². The van der Waals surface area contributed by atoms with Gasteiger partial charge in [0, 0.05) is 33.4 Å². The molecule has 2 aromatic carbocycles. The molecule has 0 aliphatic carbocycles. The summed E-state index contributed by atoms with van der Waals surface area (Å²) in [6.45, 7) is 1.98. The molecule has 0 spiro atoms. The standard InChI is InChI=1S/C17H12BrNO/c1-11-5-6-16(18)14(9-11)17(20)13-4-2-3-12-7-8-19-10-15(12)13/h2-10H,1H3. The molecule has 0 radical (unpaired) electrons. The van der Waals surface area contributed by atoms with Crippen LogP contribution < -0.4 is 0 Å². The van der Waals surface area contributed by atoms with Crippen molar-refractivity contribution in [2.24, 2.45) is 0 Å². The Kier molecular flexibility index (Phi) is 3.36.